The van der Waals surface area contributed by atoms with E-state index in [-0.39, 0.29) is 12.4 Å². The van der Waals surface area contributed by atoms with Gasteiger partial charge in [0.25, 0.3) is 0 Å². The Morgan fingerprint density at radius 1 is 0.818 bits per heavy atom. The molecule has 3 heteroatoms. The van der Waals surface area contributed by atoms with E-state index in [1.807, 2.05) is 24.3 Å². The Hall–Kier alpha value is -0.890. The first-order valence-corrected chi connectivity index (χ1v) is 3.05. The number of methoxy groups -OCH3 is 2. The van der Waals surface area contributed by atoms with Crippen molar-refractivity contribution >= 4 is 12.4 Å². The summed E-state index contributed by atoms with van der Waals surface area (Å²) in [5.41, 5.74) is 0. The van der Waals surface area contributed by atoms with E-state index in [2.05, 4.69) is 0 Å². The summed E-state index contributed by atoms with van der Waals surface area (Å²) in [4.78, 5) is 0. The zero-order chi connectivity index (χ0) is 7.40. The second-order valence-corrected chi connectivity index (χ2v) is 1.88. The molecule has 62 valence electrons. The maximum absolute atomic E-state index is 4.96. The standard InChI is InChI=1S/C8H10O2.ClH/c1-9-7-3-5-8(10-2)6-4-7;/h3-6H,1-2H3;1H. The van der Waals surface area contributed by atoms with Gasteiger partial charge >= 0.3 is 0 Å². The smallest absolute Gasteiger partial charge is 0.119 e. The molecule has 0 aromatic heterocycles. The summed E-state index contributed by atoms with van der Waals surface area (Å²) >= 11 is 0. The van der Waals surface area contributed by atoms with Crippen LogP contribution in [0.1, 0.15) is 0 Å². The summed E-state index contributed by atoms with van der Waals surface area (Å²) in [6.45, 7) is 0. The molecule has 0 fully saturated rings. The van der Waals surface area contributed by atoms with Crippen molar-refractivity contribution in [3.8, 4) is 11.5 Å². The van der Waals surface area contributed by atoms with Crippen molar-refractivity contribution in [1.82, 2.24) is 0 Å². The molecule has 0 aliphatic rings. The van der Waals surface area contributed by atoms with Crippen molar-refractivity contribution in [2.75, 3.05) is 14.2 Å². The maximum atomic E-state index is 4.96. The summed E-state index contributed by atoms with van der Waals surface area (Å²) in [6, 6.07) is 7.44. The third-order valence-electron chi connectivity index (χ3n) is 1.30. The average Bonchev–Trinajstić information content (AvgIpc) is 2.05. The lowest BCUT2D eigenvalue weighted by atomic mass is 10.3. The van der Waals surface area contributed by atoms with Gasteiger partial charge in [0.2, 0.25) is 0 Å². The first-order valence-electron chi connectivity index (χ1n) is 3.05. The SMILES string of the molecule is COc1ccc(OC)cc1.Cl. The summed E-state index contributed by atoms with van der Waals surface area (Å²) in [6.07, 6.45) is 0. The maximum Gasteiger partial charge on any atom is 0.119 e. The first kappa shape index (κ1) is 10.1. The molecule has 1 aromatic rings. The summed E-state index contributed by atoms with van der Waals surface area (Å²) in [5.74, 6) is 1.70. The second kappa shape index (κ2) is 4.85. The van der Waals surface area contributed by atoms with Crippen molar-refractivity contribution < 1.29 is 9.47 Å². The molecule has 0 unspecified atom stereocenters. The Kier molecular flexibility index (Phi) is 4.46. The average molecular weight is 175 g/mol. The van der Waals surface area contributed by atoms with Crippen LogP contribution in [0.3, 0.4) is 0 Å². The van der Waals surface area contributed by atoms with Crippen LogP contribution in [0, 0.1) is 0 Å². The van der Waals surface area contributed by atoms with E-state index in [9.17, 15) is 0 Å². The molecule has 0 bridgehead atoms. The highest BCUT2D eigenvalue weighted by molar-refractivity contribution is 5.85. The molecule has 0 amide bonds. The molecule has 0 aliphatic heterocycles. The van der Waals surface area contributed by atoms with E-state index in [4.69, 9.17) is 9.47 Å². The lowest BCUT2D eigenvalue weighted by Crippen LogP contribution is -1.83. The van der Waals surface area contributed by atoms with Crippen LogP contribution in [-0.4, -0.2) is 14.2 Å². The van der Waals surface area contributed by atoms with Gasteiger partial charge in [-0.3, -0.25) is 0 Å². The zero-order valence-electron chi connectivity index (χ0n) is 6.53. The Bertz CT molecular complexity index is 173. The Morgan fingerprint density at radius 3 is 1.27 bits per heavy atom. The summed E-state index contributed by atoms with van der Waals surface area (Å²) < 4.78 is 9.92. The van der Waals surface area contributed by atoms with Crippen LogP contribution in [0.4, 0.5) is 0 Å². The lowest BCUT2D eigenvalue weighted by Gasteiger charge is -2.00. The van der Waals surface area contributed by atoms with Crippen molar-refractivity contribution in [2.24, 2.45) is 0 Å². The lowest BCUT2D eigenvalue weighted by molar-refractivity contribution is 0.403. The molecule has 0 atom stereocenters. The molecule has 11 heavy (non-hydrogen) atoms. The van der Waals surface area contributed by atoms with E-state index >= 15 is 0 Å². The van der Waals surface area contributed by atoms with Crippen LogP contribution in [0.25, 0.3) is 0 Å². The number of hydrogen-bond acceptors (Lipinski definition) is 2. The van der Waals surface area contributed by atoms with Gasteiger partial charge in [0.15, 0.2) is 0 Å². The predicted octanol–water partition coefficient (Wildman–Crippen LogP) is 2.13. The normalized spacial score (nSPS) is 8.18. The molecule has 0 saturated heterocycles. The molecule has 1 rings (SSSR count). The van der Waals surface area contributed by atoms with E-state index in [0.29, 0.717) is 0 Å². The zero-order valence-corrected chi connectivity index (χ0v) is 7.35. The van der Waals surface area contributed by atoms with Gasteiger partial charge in [0.1, 0.15) is 11.5 Å². The van der Waals surface area contributed by atoms with Gasteiger partial charge in [0, 0.05) is 0 Å². The Labute approximate surface area is 72.5 Å². The monoisotopic (exact) mass is 174 g/mol. The fourth-order valence-electron chi connectivity index (χ4n) is 0.712. The van der Waals surface area contributed by atoms with Gasteiger partial charge in [0.05, 0.1) is 14.2 Å². The largest absolute Gasteiger partial charge is 0.497 e. The molecule has 0 saturated carbocycles. The molecular formula is C8H11ClO2. The quantitative estimate of drug-likeness (QED) is 0.684. The van der Waals surface area contributed by atoms with Crippen LogP contribution in [0.15, 0.2) is 24.3 Å². The number of rotatable bonds is 2. The number of halogens is 1. The minimum Gasteiger partial charge on any atom is -0.497 e. The minimum atomic E-state index is 0. The van der Waals surface area contributed by atoms with E-state index in [1.54, 1.807) is 14.2 Å². The molecule has 0 spiro atoms. The molecule has 0 radical (unpaired) electrons. The molecule has 1 aromatic carbocycles. The third kappa shape index (κ3) is 2.68. The number of hydrogen-bond donors (Lipinski definition) is 0. The van der Waals surface area contributed by atoms with Crippen molar-refractivity contribution in [2.45, 2.75) is 0 Å². The van der Waals surface area contributed by atoms with E-state index in [1.165, 1.54) is 0 Å². The summed E-state index contributed by atoms with van der Waals surface area (Å²) in [5, 5.41) is 0. The van der Waals surface area contributed by atoms with Crippen LogP contribution in [0.5, 0.6) is 11.5 Å². The minimum absolute atomic E-state index is 0. The molecule has 2 nitrogen and oxygen atoms in total. The second-order valence-electron chi connectivity index (χ2n) is 1.88. The van der Waals surface area contributed by atoms with Gasteiger partial charge in [-0.25, -0.2) is 0 Å². The molecule has 0 aliphatic carbocycles. The predicted molar refractivity (Wildman–Crippen MR) is 46.8 cm³/mol. The van der Waals surface area contributed by atoms with Crippen LogP contribution in [0.2, 0.25) is 0 Å². The number of ether oxygens (including phenoxy) is 2. The Morgan fingerprint density at radius 2 is 1.09 bits per heavy atom. The van der Waals surface area contributed by atoms with Crippen molar-refractivity contribution in [1.29, 1.82) is 0 Å². The van der Waals surface area contributed by atoms with Gasteiger partial charge < -0.3 is 9.47 Å². The molecule has 0 N–H and O–H groups in total. The summed E-state index contributed by atoms with van der Waals surface area (Å²) in [7, 11) is 3.28. The van der Waals surface area contributed by atoms with Gasteiger partial charge in [-0.2, -0.15) is 0 Å². The molecule has 0 heterocycles. The van der Waals surface area contributed by atoms with E-state index < -0.39 is 0 Å². The van der Waals surface area contributed by atoms with Gasteiger partial charge in [-0.15, -0.1) is 12.4 Å². The fourth-order valence-corrected chi connectivity index (χ4v) is 0.712. The van der Waals surface area contributed by atoms with Crippen molar-refractivity contribution in [3.05, 3.63) is 24.3 Å². The molecular weight excluding hydrogens is 164 g/mol. The van der Waals surface area contributed by atoms with Gasteiger partial charge in [-0.1, -0.05) is 0 Å². The fraction of sp³-hybridized carbons (Fsp3) is 0.250. The Balaban J connectivity index is 0.000001000. The van der Waals surface area contributed by atoms with Crippen LogP contribution >= 0.6 is 12.4 Å². The van der Waals surface area contributed by atoms with Crippen LogP contribution in [-0.2, 0) is 0 Å². The highest BCUT2D eigenvalue weighted by atomic mass is 35.5. The highest BCUT2D eigenvalue weighted by Crippen LogP contribution is 2.15. The van der Waals surface area contributed by atoms with Gasteiger partial charge in [-0.05, 0) is 24.3 Å². The van der Waals surface area contributed by atoms with Crippen LogP contribution < -0.4 is 9.47 Å². The number of benzene rings is 1. The highest BCUT2D eigenvalue weighted by Gasteiger charge is 1.89. The first-order chi connectivity index (χ1) is 4.86. The third-order valence-corrected chi connectivity index (χ3v) is 1.30. The van der Waals surface area contributed by atoms with Crippen molar-refractivity contribution in [3.63, 3.8) is 0 Å². The van der Waals surface area contributed by atoms with E-state index in [0.717, 1.165) is 11.5 Å². The topological polar surface area (TPSA) is 18.5 Å².